The van der Waals surface area contributed by atoms with Crippen molar-refractivity contribution >= 4 is 28.6 Å². The van der Waals surface area contributed by atoms with E-state index in [2.05, 4.69) is 41.1 Å². The Kier molecular flexibility index (Phi) is 5.36. The molecule has 0 amide bonds. The van der Waals surface area contributed by atoms with Crippen molar-refractivity contribution in [1.82, 2.24) is 19.3 Å². The largest absolute Gasteiger partial charge is 0.443 e. The second-order valence-electron chi connectivity index (χ2n) is 8.69. The first kappa shape index (κ1) is 20.3. The third kappa shape index (κ3) is 3.90. The van der Waals surface area contributed by atoms with E-state index in [0.717, 1.165) is 33.5 Å². The second-order valence-corrected chi connectivity index (χ2v) is 9.06. The summed E-state index contributed by atoms with van der Waals surface area (Å²) in [4.78, 5) is 11.8. The van der Waals surface area contributed by atoms with E-state index >= 15 is 0 Å². The molecule has 1 aliphatic heterocycles. The SMILES string of the molecule is CCCN1CCC(c2ccc3cc(-c4cn5cc(C)nc(C)c5n4)oc(=S)c3c2)CC1. The van der Waals surface area contributed by atoms with Gasteiger partial charge in [0.2, 0.25) is 0 Å². The molecule has 0 aliphatic carbocycles. The predicted molar refractivity (Wildman–Crippen MR) is 127 cm³/mol. The Morgan fingerprint density at radius 1 is 1.10 bits per heavy atom. The first-order chi connectivity index (χ1) is 15.0. The molecule has 0 spiro atoms. The van der Waals surface area contributed by atoms with Gasteiger partial charge in [0.15, 0.2) is 16.1 Å². The molecule has 1 aliphatic rings. The molecule has 1 saturated heterocycles. The van der Waals surface area contributed by atoms with Crippen LogP contribution in [-0.2, 0) is 0 Å². The lowest BCUT2D eigenvalue weighted by atomic mass is 9.88. The molecule has 5 rings (SSSR count). The molecule has 0 N–H and O–H groups in total. The maximum absolute atomic E-state index is 6.08. The summed E-state index contributed by atoms with van der Waals surface area (Å²) < 4.78 is 8.61. The summed E-state index contributed by atoms with van der Waals surface area (Å²) in [6.45, 7) is 9.79. The van der Waals surface area contributed by atoms with E-state index in [0.29, 0.717) is 16.4 Å². The van der Waals surface area contributed by atoms with Gasteiger partial charge in [-0.3, -0.25) is 4.98 Å². The Labute approximate surface area is 187 Å². The number of benzene rings is 1. The highest BCUT2D eigenvalue weighted by Crippen LogP contribution is 2.32. The Balaban J connectivity index is 1.48. The van der Waals surface area contributed by atoms with Crippen LogP contribution in [0, 0.1) is 18.6 Å². The van der Waals surface area contributed by atoms with Gasteiger partial charge in [-0.25, -0.2) is 4.98 Å². The van der Waals surface area contributed by atoms with Crippen LogP contribution < -0.4 is 0 Å². The molecule has 5 nitrogen and oxygen atoms in total. The molecule has 1 fully saturated rings. The smallest absolute Gasteiger partial charge is 0.198 e. The lowest BCUT2D eigenvalue weighted by Crippen LogP contribution is -2.33. The lowest BCUT2D eigenvalue weighted by Gasteiger charge is -2.32. The third-order valence-corrected chi connectivity index (χ3v) is 6.67. The van der Waals surface area contributed by atoms with E-state index in [1.807, 2.05) is 30.6 Å². The second kappa shape index (κ2) is 8.17. The summed E-state index contributed by atoms with van der Waals surface area (Å²) >= 11 is 5.66. The van der Waals surface area contributed by atoms with Crippen molar-refractivity contribution in [2.24, 2.45) is 0 Å². The fourth-order valence-electron chi connectivity index (χ4n) is 4.81. The highest BCUT2D eigenvalue weighted by Gasteiger charge is 2.20. The highest BCUT2D eigenvalue weighted by molar-refractivity contribution is 7.71. The average Bonchev–Trinajstić information content (AvgIpc) is 3.19. The molecule has 0 bridgehead atoms. The maximum atomic E-state index is 6.08. The maximum Gasteiger partial charge on any atom is 0.198 e. The standard InChI is InChI=1S/C25H28N4OS/c1-4-9-28-10-7-18(8-11-28)19-5-6-20-13-23(30-25(31)21(20)12-19)22-15-29-14-16(2)26-17(3)24(29)27-22/h5-6,12-15,18H,4,7-11H2,1-3H3. The number of hydrogen-bond donors (Lipinski definition) is 0. The minimum atomic E-state index is 0.529. The quantitative estimate of drug-likeness (QED) is 0.366. The number of hydrogen-bond acceptors (Lipinski definition) is 5. The number of fused-ring (bicyclic) bond motifs is 2. The zero-order chi connectivity index (χ0) is 21.5. The number of imidazole rings is 1. The molecule has 6 heteroatoms. The van der Waals surface area contributed by atoms with E-state index in [4.69, 9.17) is 21.6 Å². The molecular formula is C25H28N4OS. The Hall–Kier alpha value is -2.57. The molecule has 0 unspecified atom stereocenters. The van der Waals surface area contributed by atoms with Crippen molar-refractivity contribution in [1.29, 1.82) is 0 Å². The van der Waals surface area contributed by atoms with Gasteiger partial charge >= 0.3 is 0 Å². The van der Waals surface area contributed by atoms with Gasteiger partial charge in [0.25, 0.3) is 0 Å². The van der Waals surface area contributed by atoms with Gasteiger partial charge in [0.05, 0.1) is 11.4 Å². The van der Waals surface area contributed by atoms with Crippen LogP contribution in [-0.4, -0.2) is 38.9 Å². The molecule has 4 aromatic rings. The zero-order valence-electron chi connectivity index (χ0n) is 18.4. The van der Waals surface area contributed by atoms with Crippen LogP contribution in [0.4, 0.5) is 0 Å². The van der Waals surface area contributed by atoms with E-state index in [1.54, 1.807) is 0 Å². The number of nitrogens with zero attached hydrogens (tertiary/aromatic N) is 4. The number of aromatic nitrogens is 3. The van der Waals surface area contributed by atoms with E-state index in [1.165, 1.54) is 44.5 Å². The average molecular weight is 433 g/mol. The van der Waals surface area contributed by atoms with Crippen LogP contribution in [0.25, 0.3) is 27.9 Å². The minimum Gasteiger partial charge on any atom is -0.443 e. The summed E-state index contributed by atoms with van der Waals surface area (Å²) in [7, 11) is 0. The fraction of sp³-hybridized carbons (Fsp3) is 0.400. The van der Waals surface area contributed by atoms with Gasteiger partial charge in [-0.15, -0.1) is 0 Å². The first-order valence-corrected chi connectivity index (χ1v) is 11.6. The van der Waals surface area contributed by atoms with E-state index in [9.17, 15) is 0 Å². The van der Waals surface area contributed by atoms with Crippen LogP contribution in [0.1, 0.15) is 49.1 Å². The van der Waals surface area contributed by atoms with Gasteiger partial charge in [0.1, 0.15) is 5.69 Å². The molecule has 0 atom stereocenters. The van der Waals surface area contributed by atoms with Crippen LogP contribution in [0.2, 0.25) is 0 Å². The Bertz CT molecular complexity index is 1310. The number of rotatable bonds is 4. The number of aryl methyl sites for hydroxylation is 2. The Morgan fingerprint density at radius 3 is 2.68 bits per heavy atom. The molecule has 0 radical (unpaired) electrons. The molecule has 1 aromatic carbocycles. The van der Waals surface area contributed by atoms with Gasteiger partial charge in [-0.2, -0.15) is 0 Å². The third-order valence-electron chi connectivity index (χ3n) is 6.36. The molecule has 31 heavy (non-hydrogen) atoms. The van der Waals surface area contributed by atoms with E-state index < -0.39 is 0 Å². The van der Waals surface area contributed by atoms with E-state index in [-0.39, 0.29) is 0 Å². The van der Waals surface area contributed by atoms with Crippen molar-refractivity contribution in [3.05, 3.63) is 58.3 Å². The van der Waals surface area contributed by atoms with Gasteiger partial charge < -0.3 is 13.7 Å². The van der Waals surface area contributed by atoms with Gasteiger partial charge in [-0.05, 0) is 94.0 Å². The Morgan fingerprint density at radius 2 is 1.90 bits per heavy atom. The molecular weight excluding hydrogens is 404 g/mol. The molecule has 3 aromatic heterocycles. The fourth-order valence-corrected chi connectivity index (χ4v) is 5.08. The summed E-state index contributed by atoms with van der Waals surface area (Å²) in [6.07, 6.45) is 7.61. The highest BCUT2D eigenvalue weighted by atomic mass is 32.1. The topological polar surface area (TPSA) is 46.6 Å². The first-order valence-electron chi connectivity index (χ1n) is 11.2. The number of piperidine rings is 1. The monoisotopic (exact) mass is 432 g/mol. The zero-order valence-corrected chi connectivity index (χ0v) is 19.2. The summed E-state index contributed by atoms with van der Waals surface area (Å²) in [5.74, 6) is 1.29. The molecule has 160 valence electrons. The predicted octanol–water partition coefficient (Wildman–Crippen LogP) is 6.08. The number of likely N-dealkylation sites (tertiary alicyclic amines) is 1. The van der Waals surface area contributed by atoms with Crippen molar-refractivity contribution in [2.45, 2.75) is 46.0 Å². The normalized spacial score (nSPS) is 15.8. The van der Waals surface area contributed by atoms with Crippen LogP contribution >= 0.6 is 12.2 Å². The summed E-state index contributed by atoms with van der Waals surface area (Å²) in [5.41, 5.74) is 4.85. The van der Waals surface area contributed by atoms with Crippen molar-refractivity contribution in [2.75, 3.05) is 19.6 Å². The van der Waals surface area contributed by atoms with Crippen molar-refractivity contribution < 1.29 is 4.42 Å². The molecule has 0 saturated carbocycles. The van der Waals surface area contributed by atoms with Gasteiger partial charge in [0, 0.05) is 17.8 Å². The molecule has 4 heterocycles. The summed E-state index contributed by atoms with van der Waals surface area (Å²) in [6, 6.07) is 8.75. The van der Waals surface area contributed by atoms with Crippen LogP contribution in [0.5, 0.6) is 0 Å². The van der Waals surface area contributed by atoms with Gasteiger partial charge in [-0.1, -0.05) is 19.1 Å². The summed E-state index contributed by atoms with van der Waals surface area (Å²) in [5, 5.41) is 2.12. The van der Waals surface area contributed by atoms with Crippen molar-refractivity contribution in [3.8, 4) is 11.5 Å². The van der Waals surface area contributed by atoms with Crippen LogP contribution in [0.15, 0.2) is 41.1 Å². The lowest BCUT2D eigenvalue weighted by molar-refractivity contribution is 0.213. The van der Waals surface area contributed by atoms with Crippen LogP contribution in [0.3, 0.4) is 0 Å². The van der Waals surface area contributed by atoms with Crippen molar-refractivity contribution in [3.63, 3.8) is 0 Å². The minimum absolute atomic E-state index is 0.529.